The third-order valence-electron chi connectivity index (χ3n) is 2.25. The standard InChI is InChI=1S/C12H17NO3.ClH/c1-2-16-12(15)11(14)10(13)8-9-6-4-3-5-7-9;/h3-7,10-11,14H,2,8,13H2,1H3;1H/t10-,11-;/m1./s1. The average Bonchev–Trinajstić information content (AvgIpc) is 2.29. The summed E-state index contributed by atoms with van der Waals surface area (Å²) >= 11 is 0. The van der Waals surface area contributed by atoms with Crippen molar-refractivity contribution in [2.75, 3.05) is 6.61 Å². The predicted octanol–water partition coefficient (Wildman–Crippen LogP) is 0.902. The Kier molecular flexibility index (Phi) is 7.54. The van der Waals surface area contributed by atoms with Crippen LogP contribution in [0.1, 0.15) is 12.5 Å². The Morgan fingerprint density at radius 3 is 2.53 bits per heavy atom. The molecule has 0 amide bonds. The molecule has 0 saturated carbocycles. The minimum Gasteiger partial charge on any atom is -0.464 e. The Labute approximate surface area is 107 Å². The summed E-state index contributed by atoms with van der Waals surface area (Å²) in [5.41, 5.74) is 6.71. The minimum absolute atomic E-state index is 0. The van der Waals surface area contributed by atoms with E-state index in [1.165, 1.54) is 0 Å². The molecule has 0 aliphatic heterocycles. The van der Waals surface area contributed by atoms with Gasteiger partial charge in [-0.15, -0.1) is 12.4 Å². The van der Waals surface area contributed by atoms with Crippen LogP contribution >= 0.6 is 12.4 Å². The average molecular weight is 260 g/mol. The number of carbonyl (C=O) groups is 1. The van der Waals surface area contributed by atoms with Crippen LogP contribution in [0.15, 0.2) is 30.3 Å². The molecule has 96 valence electrons. The van der Waals surface area contributed by atoms with Gasteiger partial charge < -0.3 is 15.6 Å². The maximum absolute atomic E-state index is 11.2. The second kappa shape index (κ2) is 8.06. The Hall–Kier alpha value is -1.10. The van der Waals surface area contributed by atoms with Crippen molar-refractivity contribution in [3.05, 3.63) is 35.9 Å². The van der Waals surface area contributed by atoms with E-state index in [1.54, 1.807) is 6.92 Å². The molecule has 0 radical (unpaired) electrons. The summed E-state index contributed by atoms with van der Waals surface area (Å²) in [6.45, 7) is 1.93. The van der Waals surface area contributed by atoms with Crippen LogP contribution < -0.4 is 5.73 Å². The van der Waals surface area contributed by atoms with Gasteiger partial charge in [0.25, 0.3) is 0 Å². The van der Waals surface area contributed by atoms with Crippen molar-refractivity contribution in [1.82, 2.24) is 0 Å². The van der Waals surface area contributed by atoms with Gasteiger partial charge in [0.1, 0.15) is 0 Å². The van der Waals surface area contributed by atoms with Crippen molar-refractivity contribution in [3.63, 3.8) is 0 Å². The maximum atomic E-state index is 11.2. The molecule has 1 aromatic carbocycles. The zero-order valence-electron chi connectivity index (χ0n) is 9.70. The number of carbonyl (C=O) groups excluding carboxylic acids is 1. The molecule has 0 spiro atoms. The molecule has 0 aromatic heterocycles. The van der Waals surface area contributed by atoms with Crippen LogP contribution in [0.2, 0.25) is 0 Å². The van der Waals surface area contributed by atoms with Gasteiger partial charge in [-0.2, -0.15) is 0 Å². The molecule has 0 heterocycles. The van der Waals surface area contributed by atoms with E-state index in [4.69, 9.17) is 10.5 Å². The topological polar surface area (TPSA) is 72.5 Å². The zero-order valence-corrected chi connectivity index (χ0v) is 10.5. The lowest BCUT2D eigenvalue weighted by Gasteiger charge is -2.17. The summed E-state index contributed by atoms with van der Waals surface area (Å²) in [5.74, 6) is -0.661. The van der Waals surface area contributed by atoms with Gasteiger partial charge in [-0.1, -0.05) is 30.3 Å². The number of ether oxygens (including phenoxy) is 1. The fourth-order valence-electron chi connectivity index (χ4n) is 1.40. The van der Waals surface area contributed by atoms with Crippen molar-refractivity contribution < 1.29 is 14.6 Å². The van der Waals surface area contributed by atoms with Gasteiger partial charge in [0, 0.05) is 6.04 Å². The Morgan fingerprint density at radius 2 is 2.00 bits per heavy atom. The van der Waals surface area contributed by atoms with Crippen molar-refractivity contribution in [1.29, 1.82) is 0 Å². The first-order valence-electron chi connectivity index (χ1n) is 5.29. The van der Waals surface area contributed by atoms with Crippen LogP contribution in [-0.4, -0.2) is 29.8 Å². The third-order valence-corrected chi connectivity index (χ3v) is 2.25. The van der Waals surface area contributed by atoms with Gasteiger partial charge in [0.2, 0.25) is 0 Å². The fraction of sp³-hybridized carbons (Fsp3) is 0.417. The van der Waals surface area contributed by atoms with E-state index >= 15 is 0 Å². The smallest absolute Gasteiger partial charge is 0.336 e. The number of benzene rings is 1. The zero-order chi connectivity index (χ0) is 12.0. The van der Waals surface area contributed by atoms with E-state index in [9.17, 15) is 9.90 Å². The summed E-state index contributed by atoms with van der Waals surface area (Å²) in [7, 11) is 0. The second-order valence-corrected chi connectivity index (χ2v) is 3.55. The highest BCUT2D eigenvalue weighted by atomic mass is 35.5. The first kappa shape index (κ1) is 15.9. The third kappa shape index (κ3) is 5.17. The number of halogens is 1. The van der Waals surface area contributed by atoms with Crippen molar-refractivity contribution in [3.8, 4) is 0 Å². The van der Waals surface area contributed by atoms with E-state index in [-0.39, 0.29) is 19.0 Å². The van der Waals surface area contributed by atoms with Crippen LogP contribution in [0, 0.1) is 0 Å². The summed E-state index contributed by atoms with van der Waals surface area (Å²) in [6, 6.07) is 8.84. The molecular weight excluding hydrogens is 242 g/mol. The highest BCUT2D eigenvalue weighted by molar-refractivity contribution is 5.85. The SMILES string of the molecule is CCOC(=O)[C@H](O)[C@H](N)Cc1ccccc1.Cl. The largest absolute Gasteiger partial charge is 0.464 e. The molecule has 1 rings (SSSR count). The quantitative estimate of drug-likeness (QED) is 0.771. The lowest BCUT2D eigenvalue weighted by molar-refractivity contribution is -0.154. The number of hydrogen-bond acceptors (Lipinski definition) is 4. The first-order chi connectivity index (χ1) is 7.65. The van der Waals surface area contributed by atoms with Crippen LogP contribution in [0.5, 0.6) is 0 Å². The number of aliphatic hydroxyl groups excluding tert-OH is 1. The predicted molar refractivity (Wildman–Crippen MR) is 68.0 cm³/mol. The van der Waals surface area contributed by atoms with E-state index in [0.717, 1.165) is 5.56 Å². The molecule has 3 N–H and O–H groups in total. The van der Waals surface area contributed by atoms with Crippen molar-refractivity contribution in [2.24, 2.45) is 5.73 Å². The highest BCUT2D eigenvalue weighted by Crippen LogP contribution is 2.05. The van der Waals surface area contributed by atoms with Crippen LogP contribution in [0.25, 0.3) is 0 Å². The van der Waals surface area contributed by atoms with E-state index in [0.29, 0.717) is 6.42 Å². The molecule has 4 nitrogen and oxygen atoms in total. The molecule has 5 heteroatoms. The molecule has 0 aliphatic rings. The van der Waals surface area contributed by atoms with Gasteiger partial charge in [-0.25, -0.2) is 4.79 Å². The first-order valence-corrected chi connectivity index (χ1v) is 5.29. The summed E-state index contributed by atoms with van der Waals surface area (Å²) < 4.78 is 4.69. The Bertz CT molecular complexity index is 332. The Balaban J connectivity index is 0.00000256. The molecule has 1 aromatic rings. The number of aliphatic hydroxyl groups is 1. The minimum atomic E-state index is -1.26. The Morgan fingerprint density at radius 1 is 1.41 bits per heavy atom. The highest BCUT2D eigenvalue weighted by Gasteiger charge is 2.24. The molecule has 0 aliphatic carbocycles. The maximum Gasteiger partial charge on any atom is 0.336 e. The second-order valence-electron chi connectivity index (χ2n) is 3.55. The summed E-state index contributed by atoms with van der Waals surface area (Å²) in [5, 5.41) is 9.58. The van der Waals surface area contributed by atoms with Crippen LogP contribution in [-0.2, 0) is 16.0 Å². The molecular formula is C12H18ClNO3. The molecule has 0 bridgehead atoms. The number of hydrogen-bond donors (Lipinski definition) is 2. The summed E-state index contributed by atoms with van der Waals surface area (Å²) in [4.78, 5) is 11.2. The number of esters is 1. The van der Waals surface area contributed by atoms with Gasteiger partial charge in [0.05, 0.1) is 6.61 Å². The lowest BCUT2D eigenvalue weighted by Crippen LogP contribution is -2.42. The van der Waals surface area contributed by atoms with E-state index in [2.05, 4.69) is 0 Å². The van der Waals surface area contributed by atoms with Crippen molar-refractivity contribution in [2.45, 2.75) is 25.5 Å². The van der Waals surface area contributed by atoms with Crippen LogP contribution in [0.3, 0.4) is 0 Å². The van der Waals surface area contributed by atoms with E-state index < -0.39 is 18.1 Å². The van der Waals surface area contributed by atoms with Gasteiger partial charge >= 0.3 is 5.97 Å². The van der Waals surface area contributed by atoms with Crippen molar-refractivity contribution >= 4 is 18.4 Å². The molecule has 2 atom stereocenters. The molecule has 0 fully saturated rings. The van der Waals surface area contributed by atoms with Gasteiger partial charge in [-0.05, 0) is 18.9 Å². The van der Waals surface area contributed by atoms with Gasteiger partial charge in [0.15, 0.2) is 6.10 Å². The molecule has 0 saturated heterocycles. The summed E-state index contributed by atoms with van der Waals surface area (Å²) in [6.07, 6.45) is -0.818. The van der Waals surface area contributed by atoms with E-state index in [1.807, 2.05) is 30.3 Å². The lowest BCUT2D eigenvalue weighted by atomic mass is 10.0. The fourth-order valence-corrected chi connectivity index (χ4v) is 1.40. The number of rotatable bonds is 5. The molecule has 17 heavy (non-hydrogen) atoms. The normalized spacial score (nSPS) is 13.4. The molecule has 0 unspecified atom stereocenters. The van der Waals surface area contributed by atoms with Gasteiger partial charge in [-0.3, -0.25) is 0 Å². The number of nitrogens with two attached hydrogens (primary N) is 1. The van der Waals surface area contributed by atoms with Crippen LogP contribution in [0.4, 0.5) is 0 Å². The monoisotopic (exact) mass is 259 g/mol.